The van der Waals surface area contributed by atoms with Crippen molar-refractivity contribution in [3.63, 3.8) is 0 Å². The molecule has 0 aliphatic heterocycles. The second kappa shape index (κ2) is 6.68. The Morgan fingerprint density at radius 3 is 2.22 bits per heavy atom. The molecule has 0 bridgehead atoms. The number of halogens is 1. The molecule has 1 aromatic rings. The number of nitrogens with one attached hydrogen (secondary N) is 1. The molecule has 1 aromatic carbocycles. The van der Waals surface area contributed by atoms with Crippen LogP contribution in [0.4, 0.5) is 0 Å². The number of alkyl halides is 1. The Hall–Kier alpha value is -0.390. The molecule has 5 heteroatoms. The Morgan fingerprint density at radius 2 is 1.78 bits per heavy atom. The Morgan fingerprint density at radius 1 is 1.22 bits per heavy atom. The van der Waals surface area contributed by atoms with Crippen molar-refractivity contribution in [2.45, 2.75) is 49.4 Å². The maximum absolute atomic E-state index is 11.9. The van der Waals surface area contributed by atoms with E-state index < -0.39 is 10.0 Å². The van der Waals surface area contributed by atoms with E-state index in [0.29, 0.717) is 9.72 Å². The highest BCUT2D eigenvalue weighted by molar-refractivity contribution is 9.09. The molecule has 0 spiro atoms. The molecule has 18 heavy (non-hydrogen) atoms. The van der Waals surface area contributed by atoms with Crippen molar-refractivity contribution in [3.8, 4) is 0 Å². The normalized spacial score (nSPS) is 13.8. The fourth-order valence-electron chi connectivity index (χ4n) is 1.58. The van der Waals surface area contributed by atoms with Crippen molar-refractivity contribution in [3.05, 3.63) is 29.8 Å². The van der Waals surface area contributed by atoms with Gasteiger partial charge in [0.15, 0.2) is 0 Å². The minimum absolute atomic E-state index is 0.0957. The van der Waals surface area contributed by atoms with Gasteiger partial charge in [-0.3, -0.25) is 0 Å². The summed E-state index contributed by atoms with van der Waals surface area (Å²) < 4.78 is 26.4. The predicted molar refractivity (Wildman–Crippen MR) is 78.6 cm³/mol. The summed E-state index contributed by atoms with van der Waals surface area (Å²) in [5.41, 5.74) is 1.14. The van der Waals surface area contributed by atoms with E-state index in [1.807, 2.05) is 26.0 Å². The molecule has 0 aliphatic rings. The number of hydrogen-bond donors (Lipinski definition) is 1. The third-order valence-corrected chi connectivity index (χ3v) is 5.17. The van der Waals surface area contributed by atoms with E-state index in [0.717, 1.165) is 18.4 Å². The number of benzene rings is 1. The lowest BCUT2D eigenvalue weighted by Gasteiger charge is -2.11. The Balaban J connectivity index is 2.83. The van der Waals surface area contributed by atoms with Crippen LogP contribution in [0.2, 0.25) is 0 Å². The smallest absolute Gasteiger partial charge is 0.209 e. The van der Waals surface area contributed by atoms with Gasteiger partial charge in [-0.25, -0.2) is 13.1 Å². The second-order valence-electron chi connectivity index (χ2n) is 4.63. The van der Waals surface area contributed by atoms with E-state index in [9.17, 15) is 8.42 Å². The lowest BCUT2D eigenvalue weighted by molar-refractivity contribution is 0.570. The number of sulfonamides is 1. The van der Waals surface area contributed by atoms with E-state index in [-0.39, 0.29) is 6.04 Å². The fraction of sp³-hybridized carbons (Fsp3) is 0.538. The van der Waals surface area contributed by atoms with E-state index in [4.69, 9.17) is 0 Å². The maximum Gasteiger partial charge on any atom is 0.240 e. The Kier molecular flexibility index (Phi) is 5.82. The molecule has 0 saturated carbocycles. The van der Waals surface area contributed by atoms with Crippen molar-refractivity contribution in [1.29, 1.82) is 0 Å². The molecule has 0 radical (unpaired) electrons. The van der Waals surface area contributed by atoms with Gasteiger partial charge < -0.3 is 0 Å². The quantitative estimate of drug-likeness (QED) is 0.813. The van der Waals surface area contributed by atoms with Crippen molar-refractivity contribution in [2.75, 3.05) is 0 Å². The number of hydrogen-bond acceptors (Lipinski definition) is 2. The molecule has 1 unspecified atom stereocenters. The van der Waals surface area contributed by atoms with Gasteiger partial charge in [-0.1, -0.05) is 35.0 Å². The highest BCUT2D eigenvalue weighted by Gasteiger charge is 2.15. The highest BCUT2D eigenvalue weighted by atomic mass is 79.9. The lowest BCUT2D eigenvalue weighted by Crippen LogP contribution is -2.30. The van der Waals surface area contributed by atoms with Gasteiger partial charge in [0.05, 0.1) is 4.90 Å². The van der Waals surface area contributed by atoms with Crippen molar-refractivity contribution >= 4 is 26.0 Å². The third kappa shape index (κ3) is 4.71. The SMILES string of the molecule is CCC(Br)Cc1ccc(S(=O)(=O)NC(C)C)cc1. The van der Waals surface area contributed by atoms with Crippen LogP contribution in [0.25, 0.3) is 0 Å². The van der Waals surface area contributed by atoms with Crippen LogP contribution in [0.1, 0.15) is 32.8 Å². The molecule has 0 amide bonds. The summed E-state index contributed by atoms with van der Waals surface area (Å²) in [6.07, 6.45) is 1.96. The third-order valence-electron chi connectivity index (χ3n) is 2.52. The van der Waals surface area contributed by atoms with E-state index >= 15 is 0 Å². The molecule has 1 atom stereocenters. The Bertz CT molecular complexity index is 468. The second-order valence-corrected chi connectivity index (χ2v) is 7.64. The van der Waals surface area contributed by atoms with Gasteiger partial charge in [-0.2, -0.15) is 0 Å². The summed E-state index contributed by atoms with van der Waals surface area (Å²) in [7, 11) is -3.37. The van der Waals surface area contributed by atoms with Crippen LogP contribution in [0.15, 0.2) is 29.2 Å². The average molecular weight is 334 g/mol. The van der Waals surface area contributed by atoms with Crippen LogP contribution in [0.3, 0.4) is 0 Å². The van der Waals surface area contributed by atoms with E-state index in [1.54, 1.807) is 12.1 Å². The predicted octanol–water partition coefficient (Wildman–Crippen LogP) is 3.09. The zero-order valence-electron chi connectivity index (χ0n) is 11.0. The van der Waals surface area contributed by atoms with Crippen LogP contribution in [0, 0.1) is 0 Å². The van der Waals surface area contributed by atoms with Crippen LogP contribution in [0.5, 0.6) is 0 Å². The van der Waals surface area contributed by atoms with Crippen LogP contribution in [-0.4, -0.2) is 19.3 Å². The van der Waals surface area contributed by atoms with Gasteiger partial charge in [0.2, 0.25) is 10.0 Å². The van der Waals surface area contributed by atoms with Gasteiger partial charge in [-0.15, -0.1) is 0 Å². The van der Waals surface area contributed by atoms with Crippen molar-refractivity contribution < 1.29 is 8.42 Å². The molecule has 0 aliphatic carbocycles. The molecule has 0 fully saturated rings. The molecule has 102 valence electrons. The van der Waals surface area contributed by atoms with Crippen molar-refractivity contribution in [1.82, 2.24) is 4.72 Å². The summed E-state index contributed by atoms with van der Waals surface area (Å²) in [5.74, 6) is 0. The molecule has 1 N–H and O–H groups in total. The standard InChI is InChI=1S/C13H20BrNO2S/c1-4-12(14)9-11-5-7-13(8-6-11)18(16,17)15-10(2)3/h5-8,10,12,15H,4,9H2,1-3H3. The molecule has 0 aromatic heterocycles. The monoisotopic (exact) mass is 333 g/mol. The molecular weight excluding hydrogens is 314 g/mol. The minimum Gasteiger partial charge on any atom is -0.209 e. The van der Waals surface area contributed by atoms with Gasteiger partial charge in [0.1, 0.15) is 0 Å². The molecule has 0 heterocycles. The summed E-state index contributed by atoms with van der Waals surface area (Å²) >= 11 is 3.57. The van der Waals surface area contributed by atoms with Crippen molar-refractivity contribution in [2.24, 2.45) is 0 Å². The lowest BCUT2D eigenvalue weighted by atomic mass is 10.1. The first kappa shape index (κ1) is 15.7. The van der Waals surface area contributed by atoms with Gasteiger partial charge in [-0.05, 0) is 44.4 Å². The summed E-state index contributed by atoms with van der Waals surface area (Å²) in [6.45, 7) is 5.73. The molecule has 3 nitrogen and oxygen atoms in total. The number of rotatable bonds is 6. The van der Waals surface area contributed by atoms with Crippen LogP contribution < -0.4 is 4.72 Å². The van der Waals surface area contributed by atoms with Gasteiger partial charge >= 0.3 is 0 Å². The van der Waals surface area contributed by atoms with E-state index in [2.05, 4.69) is 27.6 Å². The highest BCUT2D eigenvalue weighted by Crippen LogP contribution is 2.16. The largest absolute Gasteiger partial charge is 0.240 e. The van der Waals surface area contributed by atoms with Gasteiger partial charge in [0, 0.05) is 10.9 Å². The van der Waals surface area contributed by atoms with E-state index in [1.165, 1.54) is 0 Å². The fourth-order valence-corrected chi connectivity index (χ4v) is 3.21. The topological polar surface area (TPSA) is 46.2 Å². The molecular formula is C13H20BrNO2S. The first-order valence-corrected chi connectivity index (χ1v) is 8.50. The van der Waals surface area contributed by atoms with Crippen LogP contribution >= 0.6 is 15.9 Å². The first-order chi connectivity index (χ1) is 8.35. The first-order valence-electron chi connectivity index (χ1n) is 6.10. The zero-order valence-corrected chi connectivity index (χ0v) is 13.4. The summed E-state index contributed by atoms with van der Waals surface area (Å²) in [5, 5.41) is 0. The Labute approximate surface area is 118 Å². The maximum atomic E-state index is 11.9. The molecule has 1 rings (SSSR count). The minimum atomic E-state index is -3.37. The summed E-state index contributed by atoms with van der Waals surface area (Å²) in [4.78, 5) is 0.760. The molecule has 0 saturated heterocycles. The van der Waals surface area contributed by atoms with Crippen LogP contribution in [-0.2, 0) is 16.4 Å². The van der Waals surface area contributed by atoms with Gasteiger partial charge in [0.25, 0.3) is 0 Å². The average Bonchev–Trinajstić information content (AvgIpc) is 2.28. The summed E-state index contributed by atoms with van der Waals surface area (Å²) in [6, 6.07) is 6.98. The zero-order chi connectivity index (χ0) is 13.8.